The molecule has 5 heteroatoms. The summed E-state index contributed by atoms with van der Waals surface area (Å²) < 4.78 is 0. The molecule has 0 spiro atoms. The highest BCUT2D eigenvalue weighted by molar-refractivity contribution is 5.82. The van der Waals surface area contributed by atoms with Crippen molar-refractivity contribution < 1.29 is 9.90 Å². The van der Waals surface area contributed by atoms with E-state index >= 15 is 0 Å². The highest BCUT2D eigenvalue weighted by atomic mass is 16.3. The van der Waals surface area contributed by atoms with Crippen molar-refractivity contribution in [2.75, 3.05) is 33.2 Å². The summed E-state index contributed by atoms with van der Waals surface area (Å²) in [6.45, 7) is 3.26. The van der Waals surface area contributed by atoms with Gasteiger partial charge in [-0.1, -0.05) is 30.3 Å². The Labute approximate surface area is 138 Å². The fourth-order valence-electron chi connectivity index (χ4n) is 3.70. The van der Waals surface area contributed by atoms with Crippen molar-refractivity contribution in [2.45, 2.75) is 36.8 Å². The van der Waals surface area contributed by atoms with Crippen LogP contribution in [-0.4, -0.2) is 61.3 Å². The lowest BCUT2D eigenvalue weighted by Crippen LogP contribution is -2.50. The van der Waals surface area contributed by atoms with E-state index in [1.165, 1.54) is 5.56 Å². The summed E-state index contributed by atoms with van der Waals surface area (Å²) in [6.07, 6.45) is 2.20. The molecule has 0 radical (unpaired) electrons. The van der Waals surface area contributed by atoms with Crippen molar-refractivity contribution in [2.24, 2.45) is 0 Å². The second-order valence-corrected chi connectivity index (χ2v) is 7.02. The second-order valence-electron chi connectivity index (χ2n) is 7.02. The molecule has 0 saturated carbocycles. The number of hydrogen-bond donors (Lipinski definition) is 3. The van der Waals surface area contributed by atoms with Crippen molar-refractivity contribution in [3.8, 4) is 0 Å². The van der Waals surface area contributed by atoms with Gasteiger partial charge in [-0.25, -0.2) is 0 Å². The third-order valence-corrected chi connectivity index (χ3v) is 5.36. The molecule has 5 nitrogen and oxygen atoms in total. The van der Waals surface area contributed by atoms with Crippen molar-refractivity contribution in [3.63, 3.8) is 0 Å². The molecule has 3 rings (SSSR count). The zero-order valence-electron chi connectivity index (χ0n) is 13.8. The van der Waals surface area contributed by atoms with Gasteiger partial charge in [-0.2, -0.15) is 0 Å². The SMILES string of the molecule is CN1CCC(CNC(=O)[C@@H]2C[C@@H](O)CN2)(c2ccccc2)CC1. The van der Waals surface area contributed by atoms with Crippen molar-refractivity contribution in [3.05, 3.63) is 35.9 Å². The number of nitrogens with one attached hydrogen (secondary N) is 2. The molecule has 1 aromatic rings. The topological polar surface area (TPSA) is 64.6 Å². The number of hydrogen-bond acceptors (Lipinski definition) is 4. The van der Waals surface area contributed by atoms with Gasteiger partial charge in [0.25, 0.3) is 0 Å². The van der Waals surface area contributed by atoms with Crippen LogP contribution in [0.1, 0.15) is 24.8 Å². The van der Waals surface area contributed by atoms with E-state index in [0.717, 1.165) is 25.9 Å². The number of aliphatic hydroxyl groups excluding tert-OH is 1. The number of carbonyl (C=O) groups is 1. The number of likely N-dealkylation sites (tertiary alicyclic amines) is 1. The number of carbonyl (C=O) groups excluding carboxylic acids is 1. The van der Waals surface area contributed by atoms with Crippen LogP contribution in [0.4, 0.5) is 0 Å². The van der Waals surface area contributed by atoms with Gasteiger partial charge in [0, 0.05) is 18.5 Å². The third kappa shape index (κ3) is 3.74. The second kappa shape index (κ2) is 6.99. The van der Waals surface area contributed by atoms with Crippen LogP contribution in [0.5, 0.6) is 0 Å². The molecule has 2 heterocycles. The van der Waals surface area contributed by atoms with Gasteiger partial charge in [0.05, 0.1) is 12.1 Å². The fourth-order valence-corrected chi connectivity index (χ4v) is 3.70. The smallest absolute Gasteiger partial charge is 0.237 e. The lowest BCUT2D eigenvalue weighted by molar-refractivity contribution is -0.123. The Morgan fingerprint density at radius 2 is 2.04 bits per heavy atom. The first-order valence-electron chi connectivity index (χ1n) is 8.52. The molecule has 1 amide bonds. The van der Waals surface area contributed by atoms with Gasteiger partial charge in [0.2, 0.25) is 5.91 Å². The van der Waals surface area contributed by atoms with Crippen LogP contribution in [0.25, 0.3) is 0 Å². The van der Waals surface area contributed by atoms with Gasteiger partial charge in [-0.15, -0.1) is 0 Å². The van der Waals surface area contributed by atoms with Crippen LogP contribution in [0.3, 0.4) is 0 Å². The van der Waals surface area contributed by atoms with Gasteiger partial charge in [0.15, 0.2) is 0 Å². The van der Waals surface area contributed by atoms with Crippen LogP contribution in [0.15, 0.2) is 30.3 Å². The number of amides is 1. The predicted molar refractivity (Wildman–Crippen MR) is 90.3 cm³/mol. The molecular formula is C18H27N3O2. The number of piperidine rings is 1. The molecule has 126 valence electrons. The Bertz CT molecular complexity index is 526. The molecule has 2 atom stereocenters. The van der Waals surface area contributed by atoms with Gasteiger partial charge >= 0.3 is 0 Å². The summed E-state index contributed by atoms with van der Waals surface area (Å²) in [5.74, 6) is 0.00999. The summed E-state index contributed by atoms with van der Waals surface area (Å²) >= 11 is 0. The first kappa shape index (κ1) is 16.4. The van der Waals surface area contributed by atoms with Crippen LogP contribution < -0.4 is 10.6 Å². The molecule has 0 unspecified atom stereocenters. The van der Waals surface area contributed by atoms with Crippen LogP contribution >= 0.6 is 0 Å². The van der Waals surface area contributed by atoms with E-state index in [1.807, 2.05) is 6.07 Å². The van der Waals surface area contributed by atoms with Crippen molar-refractivity contribution in [1.29, 1.82) is 0 Å². The molecule has 2 fully saturated rings. The van der Waals surface area contributed by atoms with Gasteiger partial charge in [-0.3, -0.25) is 4.79 Å². The zero-order chi connectivity index (χ0) is 16.3. The normalized spacial score (nSPS) is 27.7. The Hall–Kier alpha value is -1.43. The van der Waals surface area contributed by atoms with Gasteiger partial charge in [-0.05, 0) is 45.0 Å². The highest BCUT2D eigenvalue weighted by Crippen LogP contribution is 2.34. The summed E-state index contributed by atoms with van der Waals surface area (Å²) in [6, 6.07) is 10.3. The third-order valence-electron chi connectivity index (χ3n) is 5.36. The fraction of sp³-hybridized carbons (Fsp3) is 0.611. The standard InChI is InChI=1S/C18H27N3O2/c1-21-9-7-18(8-10-21,14-5-3-2-4-6-14)13-20-17(23)16-11-15(22)12-19-16/h2-6,15-16,19,22H,7-13H2,1H3,(H,20,23)/t15-,16+/m1/s1. The molecule has 0 bridgehead atoms. The average molecular weight is 317 g/mol. The summed E-state index contributed by atoms with van der Waals surface area (Å²) in [4.78, 5) is 14.7. The van der Waals surface area contributed by atoms with Crippen LogP contribution in [0, 0.1) is 0 Å². The van der Waals surface area contributed by atoms with E-state index in [2.05, 4.69) is 46.8 Å². The molecule has 23 heavy (non-hydrogen) atoms. The van der Waals surface area contributed by atoms with E-state index in [9.17, 15) is 9.90 Å². The number of β-amino-alcohol motifs (C(OH)–C–C–N with tert-alkyl or cyclic N) is 1. The maximum absolute atomic E-state index is 12.4. The van der Waals surface area contributed by atoms with Crippen molar-refractivity contribution >= 4 is 5.91 Å². The van der Waals surface area contributed by atoms with E-state index in [-0.39, 0.29) is 17.4 Å². The Morgan fingerprint density at radius 1 is 1.35 bits per heavy atom. The minimum Gasteiger partial charge on any atom is -0.392 e. The lowest BCUT2D eigenvalue weighted by Gasteiger charge is -2.41. The zero-order valence-corrected chi connectivity index (χ0v) is 13.8. The quantitative estimate of drug-likeness (QED) is 0.756. The first-order valence-corrected chi connectivity index (χ1v) is 8.52. The molecule has 2 aliphatic heterocycles. The molecule has 0 aliphatic carbocycles. The van der Waals surface area contributed by atoms with Crippen LogP contribution in [0.2, 0.25) is 0 Å². The number of benzene rings is 1. The molecule has 2 aliphatic rings. The Balaban J connectivity index is 1.68. The molecule has 0 aromatic heterocycles. The largest absolute Gasteiger partial charge is 0.392 e. The summed E-state index contributed by atoms with van der Waals surface area (Å²) in [5, 5.41) is 15.8. The number of rotatable bonds is 4. The molecular weight excluding hydrogens is 290 g/mol. The molecule has 2 saturated heterocycles. The van der Waals surface area contributed by atoms with E-state index in [1.54, 1.807) is 0 Å². The van der Waals surface area contributed by atoms with E-state index in [0.29, 0.717) is 19.5 Å². The minimum absolute atomic E-state index is 0.00999. The highest BCUT2D eigenvalue weighted by Gasteiger charge is 2.37. The number of aliphatic hydroxyl groups is 1. The average Bonchev–Trinajstić information content (AvgIpc) is 3.02. The first-order chi connectivity index (χ1) is 11.1. The maximum Gasteiger partial charge on any atom is 0.237 e. The lowest BCUT2D eigenvalue weighted by atomic mass is 9.72. The summed E-state index contributed by atoms with van der Waals surface area (Å²) in [5.41, 5.74) is 1.33. The van der Waals surface area contributed by atoms with Crippen LogP contribution in [-0.2, 0) is 10.2 Å². The monoisotopic (exact) mass is 317 g/mol. The van der Waals surface area contributed by atoms with Gasteiger partial charge < -0.3 is 20.6 Å². The number of nitrogens with zero attached hydrogens (tertiary/aromatic N) is 1. The molecule has 3 N–H and O–H groups in total. The Kier molecular flexibility index (Phi) is 4.99. The van der Waals surface area contributed by atoms with E-state index < -0.39 is 6.10 Å². The van der Waals surface area contributed by atoms with Gasteiger partial charge in [0.1, 0.15) is 0 Å². The van der Waals surface area contributed by atoms with E-state index in [4.69, 9.17) is 0 Å². The predicted octanol–water partition coefficient (Wildman–Crippen LogP) is 0.489. The minimum atomic E-state index is -0.405. The maximum atomic E-state index is 12.4. The molecule has 1 aromatic carbocycles. The summed E-state index contributed by atoms with van der Waals surface area (Å²) in [7, 11) is 2.15. The Morgan fingerprint density at radius 3 is 2.65 bits per heavy atom. The van der Waals surface area contributed by atoms with Crippen molar-refractivity contribution in [1.82, 2.24) is 15.5 Å².